The van der Waals surface area contributed by atoms with Gasteiger partial charge in [0, 0.05) is 6.54 Å². The van der Waals surface area contributed by atoms with Crippen LogP contribution in [-0.2, 0) is 9.53 Å². The van der Waals surface area contributed by atoms with Gasteiger partial charge >= 0.3 is 5.97 Å². The Kier molecular flexibility index (Phi) is 2.47. The summed E-state index contributed by atoms with van der Waals surface area (Å²) in [6, 6.07) is 5.23. The van der Waals surface area contributed by atoms with Gasteiger partial charge in [-0.3, -0.25) is 4.79 Å². The van der Waals surface area contributed by atoms with Gasteiger partial charge in [-0.1, -0.05) is 0 Å². The second-order valence-corrected chi connectivity index (χ2v) is 4.56. The lowest BCUT2D eigenvalue weighted by atomic mass is 10.1. The quantitative estimate of drug-likeness (QED) is 0.761. The van der Waals surface area contributed by atoms with E-state index in [0.717, 1.165) is 25.1 Å². The van der Waals surface area contributed by atoms with Crippen LogP contribution in [0.1, 0.15) is 23.2 Å². The lowest BCUT2D eigenvalue weighted by Crippen LogP contribution is -2.43. The number of esters is 1. The first-order valence-electron chi connectivity index (χ1n) is 6.00. The summed E-state index contributed by atoms with van der Waals surface area (Å²) in [6.07, 6.45) is 1.92. The van der Waals surface area contributed by atoms with Gasteiger partial charge in [0.25, 0.3) is 0 Å². The molecule has 94 valence electrons. The van der Waals surface area contributed by atoms with Crippen LogP contribution in [0, 0.1) is 0 Å². The van der Waals surface area contributed by atoms with Crippen molar-refractivity contribution in [3.8, 4) is 0 Å². The second-order valence-electron chi connectivity index (χ2n) is 4.56. The molecule has 3 rings (SSSR count). The third-order valence-electron chi connectivity index (χ3n) is 3.54. The molecule has 1 unspecified atom stereocenters. The molecular weight excluding hydrogens is 232 g/mol. The third kappa shape index (κ3) is 1.54. The van der Waals surface area contributed by atoms with E-state index >= 15 is 0 Å². The van der Waals surface area contributed by atoms with Gasteiger partial charge in [0.2, 0.25) is 5.91 Å². The average molecular weight is 246 g/mol. The molecule has 2 aliphatic heterocycles. The van der Waals surface area contributed by atoms with E-state index in [2.05, 4.69) is 15.0 Å². The zero-order valence-electron chi connectivity index (χ0n) is 10.1. The minimum Gasteiger partial charge on any atom is -0.465 e. The number of fused-ring (bicyclic) bond motifs is 3. The Labute approximate surface area is 105 Å². The Morgan fingerprint density at radius 1 is 1.50 bits per heavy atom. The highest BCUT2D eigenvalue weighted by Gasteiger charge is 2.36. The number of nitrogens with one attached hydrogen (secondary N) is 1. The van der Waals surface area contributed by atoms with Gasteiger partial charge in [-0.15, -0.1) is 0 Å². The molecule has 1 aromatic rings. The molecule has 1 N–H and O–H groups in total. The topological polar surface area (TPSA) is 58.6 Å². The van der Waals surface area contributed by atoms with E-state index in [9.17, 15) is 9.59 Å². The van der Waals surface area contributed by atoms with Crippen molar-refractivity contribution in [1.29, 1.82) is 0 Å². The number of hydrogen-bond donors (Lipinski definition) is 1. The van der Waals surface area contributed by atoms with Crippen molar-refractivity contribution in [3.63, 3.8) is 0 Å². The van der Waals surface area contributed by atoms with Crippen molar-refractivity contribution >= 4 is 23.3 Å². The number of rotatable bonds is 1. The zero-order valence-corrected chi connectivity index (χ0v) is 10.1. The van der Waals surface area contributed by atoms with Crippen LogP contribution in [0.3, 0.4) is 0 Å². The molecule has 1 amide bonds. The summed E-state index contributed by atoms with van der Waals surface area (Å²) in [5, 5.41) is 2.86. The molecule has 18 heavy (non-hydrogen) atoms. The molecule has 1 aromatic carbocycles. The van der Waals surface area contributed by atoms with Gasteiger partial charge in [0.1, 0.15) is 6.04 Å². The summed E-state index contributed by atoms with van der Waals surface area (Å²) in [6.45, 7) is 0.892. The van der Waals surface area contributed by atoms with Crippen LogP contribution in [0.4, 0.5) is 11.4 Å². The Balaban J connectivity index is 2.02. The standard InChI is InChI=1S/C13H14N2O3/c1-18-13(17)8-4-5-10-9(7-8)14-12(16)11-3-2-6-15(10)11/h4-5,7,11H,2-3,6H2,1H3,(H,14,16). The van der Waals surface area contributed by atoms with E-state index in [1.807, 2.05) is 6.07 Å². The first kappa shape index (κ1) is 11.1. The number of methoxy groups -OCH3 is 1. The van der Waals surface area contributed by atoms with E-state index in [-0.39, 0.29) is 11.9 Å². The van der Waals surface area contributed by atoms with Gasteiger partial charge in [-0.2, -0.15) is 0 Å². The number of ether oxygens (including phenoxy) is 1. The fourth-order valence-electron chi connectivity index (χ4n) is 2.68. The monoisotopic (exact) mass is 246 g/mol. The van der Waals surface area contributed by atoms with Crippen LogP contribution < -0.4 is 10.2 Å². The zero-order chi connectivity index (χ0) is 12.7. The summed E-state index contributed by atoms with van der Waals surface area (Å²) >= 11 is 0. The van der Waals surface area contributed by atoms with Gasteiger partial charge in [0.15, 0.2) is 0 Å². The number of hydrogen-bond acceptors (Lipinski definition) is 4. The Bertz CT molecular complexity index is 527. The number of anilines is 2. The van der Waals surface area contributed by atoms with Crippen molar-refractivity contribution < 1.29 is 14.3 Å². The highest BCUT2D eigenvalue weighted by atomic mass is 16.5. The molecule has 2 aliphatic rings. The molecule has 0 radical (unpaired) electrons. The summed E-state index contributed by atoms with van der Waals surface area (Å²) in [5.41, 5.74) is 2.14. The first-order chi connectivity index (χ1) is 8.70. The van der Waals surface area contributed by atoms with E-state index < -0.39 is 5.97 Å². The van der Waals surface area contributed by atoms with Crippen molar-refractivity contribution in [2.24, 2.45) is 0 Å². The Morgan fingerprint density at radius 2 is 2.33 bits per heavy atom. The normalized spacial score (nSPS) is 21.1. The molecule has 0 saturated carbocycles. The number of carbonyl (C=O) groups excluding carboxylic acids is 2. The number of benzene rings is 1. The lowest BCUT2D eigenvalue weighted by Gasteiger charge is -2.33. The fourth-order valence-corrected chi connectivity index (χ4v) is 2.68. The molecule has 5 heteroatoms. The summed E-state index contributed by atoms with van der Waals surface area (Å²) < 4.78 is 4.68. The average Bonchev–Trinajstić information content (AvgIpc) is 2.87. The van der Waals surface area contributed by atoms with E-state index in [4.69, 9.17) is 0 Å². The van der Waals surface area contributed by atoms with E-state index in [0.29, 0.717) is 11.3 Å². The van der Waals surface area contributed by atoms with Crippen LogP contribution in [0.25, 0.3) is 0 Å². The maximum atomic E-state index is 11.9. The van der Waals surface area contributed by atoms with Crippen molar-refractivity contribution in [3.05, 3.63) is 23.8 Å². The van der Waals surface area contributed by atoms with Crippen LogP contribution in [0.15, 0.2) is 18.2 Å². The van der Waals surface area contributed by atoms with E-state index in [1.54, 1.807) is 12.1 Å². The van der Waals surface area contributed by atoms with Crippen molar-refractivity contribution in [2.45, 2.75) is 18.9 Å². The Hall–Kier alpha value is -2.04. The van der Waals surface area contributed by atoms with Crippen LogP contribution in [0.5, 0.6) is 0 Å². The van der Waals surface area contributed by atoms with Gasteiger partial charge in [-0.05, 0) is 31.0 Å². The first-order valence-corrected chi connectivity index (χ1v) is 6.00. The molecule has 5 nitrogen and oxygen atoms in total. The second kappa shape index (κ2) is 4.01. The van der Waals surface area contributed by atoms with Crippen molar-refractivity contribution in [2.75, 3.05) is 23.9 Å². The fraction of sp³-hybridized carbons (Fsp3) is 0.385. The molecule has 0 aliphatic carbocycles. The molecule has 0 aromatic heterocycles. The molecule has 1 fully saturated rings. The van der Waals surface area contributed by atoms with Crippen LogP contribution in [0.2, 0.25) is 0 Å². The summed E-state index contributed by atoms with van der Waals surface area (Å²) in [4.78, 5) is 25.5. The van der Waals surface area contributed by atoms with Gasteiger partial charge < -0.3 is 15.0 Å². The van der Waals surface area contributed by atoms with Crippen molar-refractivity contribution in [1.82, 2.24) is 0 Å². The van der Waals surface area contributed by atoms with E-state index in [1.165, 1.54) is 7.11 Å². The minimum absolute atomic E-state index is 0.0158. The number of amides is 1. The lowest BCUT2D eigenvalue weighted by molar-refractivity contribution is -0.117. The van der Waals surface area contributed by atoms with Crippen LogP contribution >= 0.6 is 0 Å². The molecule has 2 heterocycles. The maximum absolute atomic E-state index is 11.9. The SMILES string of the molecule is COC(=O)c1ccc2c(c1)NC(=O)C1CCCN21. The number of nitrogens with zero attached hydrogens (tertiary/aromatic N) is 1. The Morgan fingerprint density at radius 3 is 3.11 bits per heavy atom. The predicted octanol–water partition coefficient (Wildman–Crippen LogP) is 1.39. The molecule has 0 bridgehead atoms. The van der Waals surface area contributed by atoms with Crippen LogP contribution in [-0.4, -0.2) is 31.6 Å². The minimum atomic E-state index is -0.393. The summed E-state index contributed by atoms with van der Waals surface area (Å²) in [5.74, 6) is -0.377. The largest absolute Gasteiger partial charge is 0.465 e. The third-order valence-corrected chi connectivity index (χ3v) is 3.54. The molecule has 1 atom stereocenters. The molecule has 0 spiro atoms. The molecular formula is C13H14N2O3. The number of carbonyl (C=O) groups is 2. The predicted molar refractivity (Wildman–Crippen MR) is 66.8 cm³/mol. The highest BCUT2D eigenvalue weighted by molar-refractivity contribution is 6.05. The highest BCUT2D eigenvalue weighted by Crippen LogP contribution is 2.37. The smallest absolute Gasteiger partial charge is 0.337 e. The molecule has 1 saturated heterocycles. The maximum Gasteiger partial charge on any atom is 0.337 e. The summed E-state index contributed by atoms with van der Waals surface area (Å²) in [7, 11) is 1.34. The van der Waals surface area contributed by atoms with Gasteiger partial charge in [-0.25, -0.2) is 4.79 Å². The van der Waals surface area contributed by atoms with Gasteiger partial charge in [0.05, 0.1) is 24.0 Å².